The van der Waals surface area contributed by atoms with Crippen LogP contribution in [0.3, 0.4) is 0 Å². The molecule has 1 aliphatic heterocycles. The highest BCUT2D eigenvalue weighted by atomic mass is 35.5. The molecule has 0 radical (unpaired) electrons. The van der Waals surface area contributed by atoms with Crippen LogP contribution in [-0.2, 0) is 9.59 Å². The third-order valence-electron chi connectivity index (χ3n) is 6.91. The molecule has 0 N–H and O–H groups in total. The Balaban J connectivity index is 1.48. The van der Waals surface area contributed by atoms with Gasteiger partial charge in [0.1, 0.15) is 0 Å². The fraction of sp³-hybridized carbons (Fsp3) is 0.143. The van der Waals surface area contributed by atoms with Crippen molar-refractivity contribution >= 4 is 34.7 Å². The minimum Gasteiger partial charge on any atom is -0.274 e. The quantitative estimate of drug-likeness (QED) is 0.385. The highest BCUT2D eigenvalue weighted by molar-refractivity contribution is 6.31. The summed E-state index contributed by atoms with van der Waals surface area (Å²) in [6.45, 7) is 0. The molecular weight excluding hydrogens is 418 g/mol. The van der Waals surface area contributed by atoms with E-state index in [2.05, 4.69) is 36.4 Å². The molecule has 3 nitrogen and oxygen atoms in total. The van der Waals surface area contributed by atoms with E-state index in [1.165, 1.54) is 10.5 Å². The van der Waals surface area contributed by atoms with Crippen molar-refractivity contribution < 1.29 is 9.59 Å². The number of hydrogen-bond donors (Lipinski definition) is 0. The predicted octanol–water partition coefficient (Wildman–Crippen LogP) is 5.76. The van der Waals surface area contributed by atoms with Gasteiger partial charge in [-0.15, -0.1) is 0 Å². The second kappa shape index (κ2) is 7.32. The van der Waals surface area contributed by atoms with Gasteiger partial charge in [0.2, 0.25) is 11.8 Å². The molecule has 0 spiro atoms. The maximum absolute atomic E-state index is 13.5. The van der Waals surface area contributed by atoms with Crippen molar-refractivity contribution in [3.05, 3.63) is 119 Å². The van der Waals surface area contributed by atoms with Crippen LogP contribution in [0.4, 0.5) is 5.69 Å². The number of amides is 2. The van der Waals surface area contributed by atoms with E-state index in [0.717, 1.165) is 16.7 Å². The van der Waals surface area contributed by atoms with E-state index in [9.17, 15) is 9.59 Å². The second-order valence-electron chi connectivity index (χ2n) is 8.54. The predicted molar refractivity (Wildman–Crippen MR) is 126 cm³/mol. The molecule has 1 heterocycles. The summed E-state index contributed by atoms with van der Waals surface area (Å²) >= 11 is 6.01. The smallest absolute Gasteiger partial charge is 0.238 e. The lowest BCUT2D eigenvalue weighted by molar-refractivity contribution is -0.122. The zero-order valence-corrected chi connectivity index (χ0v) is 17.9. The summed E-state index contributed by atoms with van der Waals surface area (Å²) in [5, 5.41) is 0.579. The number of rotatable bonds is 3. The molecule has 1 saturated heterocycles. The molecule has 3 aromatic rings. The van der Waals surface area contributed by atoms with Crippen molar-refractivity contribution in [2.24, 2.45) is 23.7 Å². The number of carbonyl (C=O) groups is 2. The Labute approximate surface area is 191 Å². The number of imide groups is 1. The van der Waals surface area contributed by atoms with Gasteiger partial charge >= 0.3 is 0 Å². The normalized spacial score (nSPS) is 25.5. The summed E-state index contributed by atoms with van der Waals surface area (Å²) in [6.07, 6.45) is 4.26. The molecule has 2 bridgehead atoms. The van der Waals surface area contributed by atoms with Gasteiger partial charge in [-0.25, -0.2) is 4.90 Å². The Hall–Kier alpha value is -3.43. The van der Waals surface area contributed by atoms with Crippen LogP contribution in [0.5, 0.6) is 0 Å². The highest BCUT2D eigenvalue weighted by Gasteiger charge is 2.62. The van der Waals surface area contributed by atoms with Crippen LogP contribution in [0.2, 0.25) is 5.02 Å². The molecular formula is C28H20ClNO2. The summed E-state index contributed by atoms with van der Waals surface area (Å²) in [5.41, 5.74) is 5.15. The van der Waals surface area contributed by atoms with Crippen LogP contribution in [0.25, 0.3) is 5.57 Å². The first-order valence-corrected chi connectivity index (χ1v) is 11.2. The molecule has 32 heavy (non-hydrogen) atoms. The fourth-order valence-electron chi connectivity index (χ4n) is 5.65. The standard InChI is InChI=1S/C28H20ClNO2/c29-19-11-13-20(14-12-19)30-27(31)25-21-15-16-22(26(25)28(30)32)24(21)23(17-7-3-1-4-8-17)18-9-5-2-6-10-18/h1-16,21-22,25-26H/t21-,22-,25-,26-/m0/s1. The lowest BCUT2D eigenvalue weighted by Gasteiger charge is -2.21. The first-order chi connectivity index (χ1) is 15.6. The second-order valence-corrected chi connectivity index (χ2v) is 8.98. The Morgan fingerprint density at radius 1 is 0.656 bits per heavy atom. The lowest BCUT2D eigenvalue weighted by atomic mass is 9.85. The minimum absolute atomic E-state index is 0.0748. The lowest BCUT2D eigenvalue weighted by Crippen LogP contribution is -2.33. The summed E-state index contributed by atoms with van der Waals surface area (Å²) in [6, 6.07) is 27.5. The number of allylic oxidation sites excluding steroid dienone is 3. The molecule has 2 fully saturated rings. The molecule has 6 rings (SSSR count). The van der Waals surface area contributed by atoms with Crippen LogP contribution in [0.15, 0.2) is 103 Å². The van der Waals surface area contributed by atoms with Crippen molar-refractivity contribution in [1.29, 1.82) is 0 Å². The Kier molecular flexibility index (Phi) is 4.41. The molecule has 0 unspecified atom stereocenters. The van der Waals surface area contributed by atoms with Crippen molar-refractivity contribution in [3.8, 4) is 0 Å². The van der Waals surface area contributed by atoms with Gasteiger partial charge < -0.3 is 0 Å². The zero-order valence-electron chi connectivity index (χ0n) is 17.2. The monoisotopic (exact) mass is 437 g/mol. The number of anilines is 1. The van der Waals surface area contributed by atoms with E-state index in [4.69, 9.17) is 11.6 Å². The molecule has 4 atom stereocenters. The van der Waals surface area contributed by atoms with Gasteiger partial charge in [0.15, 0.2) is 0 Å². The van der Waals surface area contributed by atoms with E-state index in [1.807, 2.05) is 36.4 Å². The van der Waals surface area contributed by atoms with Crippen molar-refractivity contribution in [3.63, 3.8) is 0 Å². The van der Waals surface area contributed by atoms with E-state index in [-0.39, 0.29) is 35.5 Å². The van der Waals surface area contributed by atoms with Crippen LogP contribution in [0.1, 0.15) is 11.1 Å². The summed E-state index contributed by atoms with van der Waals surface area (Å²) < 4.78 is 0. The van der Waals surface area contributed by atoms with E-state index in [0.29, 0.717) is 10.7 Å². The van der Waals surface area contributed by atoms with Gasteiger partial charge in [-0.1, -0.05) is 84.4 Å². The highest BCUT2D eigenvalue weighted by Crippen LogP contribution is 2.58. The zero-order chi connectivity index (χ0) is 21.8. The van der Waals surface area contributed by atoms with E-state index >= 15 is 0 Å². The van der Waals surface area contributed by atoms with Crippen LogP contribution in [0, 0.1) is 23.7 Å². The molecule has 0 aromatic heterocycles. The van der Waals surface area contributed by atoms with Gasteiger partial charge in [-0.2, -0.15) is 0 Å². The summed E-state index contributed by atoms with van der Waals surface area (Å²) in [4.78, 5) is 28.4. The third kappa shape index (κ3) is 2.74. The van der Waals surface area contributed by atoms with Crippen LogP contribution in [-0.4, -0.2) is 11.8 Å². The first-order valence-electron chi connectivity index (χ1n) is 10.8. The Bertz CT molecular complexity index is 1200. The third-order valence-corrected chi connectivity index (χ3v) is 7.17. The average Bonchev–Trinajstić information content (AvgIpc) is 3.46. The Morgan fingerprint density at radius 2 is 1.12 bits per heavy atom. The molecule has 3 aromatic carbocycles. The van der Waals surface area contributed by atoms with Crippen molar-refractivity contribution in [2.75, 3.05) is 4.90 Å². The maximum atomic E-state index is 13.5. The van der Waals surface area contributed by atoms with Gasteiger partial charge in [-0.3, -0.25) is 9.59 Å². The van der Waals surface area contributed by atoms with Crippen molar-refractivity contribution in [2.45, 2.75) is 0 Å². The number of nitrogens with zero attached hydrogens (tertiary/aromatic N) is 1. The first kappa shape index (κ1) is 19.3. The molecule has 2 amide bonds. The van der Waals surface area contributed by atoms with Gasteiger partial charge in [0.05, 0.1) is 17.5 Å². The van der Waals surface area contributed by atoms with E-state index in [1.54, 1.807) is 24.3 Å². The Morgan fingerprint density at radius 3 is 1.59 bits per heavy atom. The minimum atomic E-state index is -0.356. The SMILES string of the molecule is O=C1[C@@H]2[C@@H](C(=O)N1c1ccc(Cl)cc1)[C@H]1C=C[C@H]2C1=C(c1ccccc1)c1ccccc1. The topological polar surface area (TPSA) is 37.4 Å². The molecule has 2 aliphatic carbocycles. The maximum Gasteiger partial charge on any atom is 0.238 e. The summed E-state index contributed by atoms with van der Waals surface area (Å²) in [7, 11) is 0. The van der Waals surface area contributed by atoms with Crippen LogP contribution >= 0.6 is 11.6 Å². The number of carbonyl (C=O) groups excluding carboxylic acids is 2. The number of hydrogen-bond acceptors (Lipinski definition) is 2. The number of halogens is 1. The van der Waals surface area contributed by atoms with Crippen molar-refractivity contribution in [1.82, 2.24) is 0 Å². The van der Waals surface area contributed by atoms with E-state index < -0.39 is 0 Å². The molecule has 1 saturated carbocycles. The molecule has 4 heteroatoms. The van der Waals surface area contributed by atoms with Crippen LogP contribution < -0.4 is 4.90 Å². The largest absolute Gasteiger partial charge is 0.274 e. The van der Waals surface area contributed by atoms with Gasteiger partial charge in [0, 0.05) is 16.9 Å². The molecule has 156 valence electrons. The average molecular weight is 438 g/mol. The summed E-state index contributed by atoms with van der Waals surface area (Å²) in [5.74, 6) is -1.09. The van der Waals surface area contributed by atoms with Gasteiger partial charge in [-0.05, 0) is 46.5 Å². The molecule has 3 aliphatic rings. The van der Waals surface area contributed by atoms with Gasteiger partial charge in [0.25, 0.3) is 0 Å². The number of benzene rings is 3. The number of fused-ring (bicyclic) bond motifs is 5. The fourth-order valence-corrected chi connectivity index (χ4v) is 5.78.